The second kappa shape index (κ2) is 9.38. The van der Waals surface area contributed by atoms with Gasteiger partial charge in [0, 0.05) is 7.11 Å². The molecule has 0 aliphatic heterocycles. The first kappa shape index (κ1) is 20.6. The third-order valence-corrected chi connectivity index (χ3v) is 5.68. The van der Waals surface area contributed by atoms with E-state index in [-0.39, 0.29) is 12.6 Å². The fraction of sp³-hybridized carbons (Fsp3) is 0.480. The van der Waals surface area contributed by atoms with Crippen LogP contribution in [0.15, 0.2) is 48.5 Å². The van der Waals surface area contributed by atoms with Gasteiger partial charge in [-0.1, -0.05) is 88.1 Å². The number of carbonyl (C=O) groups excluding carboxylic acids is 1. The molecular weight excluding hydrogens is 348 g/mol. The molecule has 0 atom stereocenters. The Morgan fingerprint density at radius 3 is 2.04 bits per heavy atom. The van der Waals surface area contributed by atoms with Gasteiger partial charge in [-0.3, -0.25) is 4.79 Å². The average Bonchev–Trinajstić information content (AvgIpc) is 2.99. The molecule has 0 bridgehead atoms. The van der Waals surface area contributed by atoms with Crippen molar-refractivity contribution >= 4 is 5.97 Å². The van der Waals surface area contributed by atoms with E-state index in [4.69, 9.17) is 9.47 Å². The maximum atomic E-state index is 13.4. The predicted molar refractivity (Wildman–Crippen MR) is 113 cm³/mol. The molecule has 2 aromatic rings. The SMILES string of the molecule is COCC1(C(=O)OCCCCCCC(C)C)c2ccccc2-c2ccccc21. The summed E-state index contributed by atoms with van der Waals surface area (Å²) in [7, 11) is 1.65. The first-order valence-electron chi connectivity index (χ1n) is 10.5. The number of esters is 1. The number of hydrogen-bond donors (Lipinski definition) is 0. The topological polar surface area (TPSA) is 35.5 Å². The highest BCUT2D eigenvalue weighted by atomic mass is 16.5. The van der Waals surface area contributed by atoms with Crippen LogP contribution in [-0.2, 0) is 19.7 Å². The van der Waals surface area contributed by atoms with Crippen molar-refractivity contribution in [2.24, 2.45) is 5.92 Å². The Morgan fingerprint density at radius 1 is 0.893 bits per heavy atom. The van der Waals surface area contributed by atoms with Crippen LogP contribution in [0.2, 0.25) is 0 Å². The first-order chi connectivity index (χ1) is 13.6. The lowest BCUT2D eigenvalue weighted by molar-refractivity contribution is -0.151. The smallest absolute Gasteiger partial charge is 0.323 e. The van der Waals surface area contributed by atoms with E-state index in [9.17, 15) is 4.79 Å². The van der Waals surface area contributed by atoms with Gasteiger partial charge in [-0.2, -0.15) is 0 Å². The van der Waals surface area contributed by atoms with Crippen molar-refractivity contribution in [2.75, 3.05) is 20.3 Å². The third-order valence-electron chi connectivity index (χ3n) is 5.68. The fourth-order valence-electron chi connectivity index (χ4n) is 4.27. The van der Waals surface area contributed by atoms with Gasteiger partial charge in [0.05, 0.1) is 13.2 Å². The van der Waals surface area contributed by atoms with Crippen molar-refractivity contribution in [3.8, 4) is 11.1 Å². The van der Waals surface area contributed by atoms with Gasteiger partial charge in [-0.15, -0.1) is 0 Å². The summed E-state index contributed by atoms with van der Waals surface area (Å²) in [4.78, 5) is 13.4. The number of unbranched alkanes of at least 4 members (excludes halogenated alkanes) is 3. The van der Waals surface area contributed by atoms with Crippen LogP contribution in [0.25, 0.3) is 11.1 Å². The van der Waals surface area contributed by atoms with E-state index in [0.29, 0.717) is 6.61 Å². The van der Waals surface area contributed by atoms with Gasteiger partial charge >= 0.3 is 5.97 Å². The molecule has 0 fully saturated rings. The fourth-order valence-corrected chi connectivity index (χ4v) is 4.27. The summed E-state index contributed by atoms with van der Waals surface area (Å²) >= 11 is 0. The molecule has 0 aromatic heterocycles. The molecule has 0 saturated carbocycles. The number of rotatable bonds is 10. The minimum atomic E-state index is -0.875. The molecule has 0 spiro atoms. The summed E-state index contributed by atoms with van der Waals surface area (Å²) < 4.78 is 11.3. The first-order valence-corrected chi connectivity index (χ1v) is 10.5. The van der Waals surface area contributed by atoms with E-state index in [1.165, 1.54) is 19.3 Å². The summed E-state index contributed by atoms with van der Waals surface area (Å²) in [6.07, 6.45) is 5.73. The molecule has 28 heavy (non-hydrogen) atoms. The average molecular weight is 381 g/mol. The van der Waals surface area contributed by atoms with Crippen LogP contribution in [0.3, 0.4) is 0 Å². The van der Waals surface area contributed by atoms with Crippen LogP contribution >= 0.6 is 0 Å². The van der Waals surface area contributed by atoms with E-state index in [1.807, 2.05) is 36.4 Å². The maximum Gasteiger partial charge on any atom is 0.323 e. The van der Waals surface area contributed by atoms with Crippen molar-refractivity contribution in [1.29, 1.82) is 0 Å². The Hall–Kier alpha value is -2.13. The lowest BCUT2D eigenvalue weighted by Crippen LogP contribution is -2.41. The van der Waals surface area contributed by atoms with E-state index in [0.717, 1.165) is 41.0 Å². The molecule has 0 heterocycles. The largest absolute Gasteiger partial charge is 0.465 e. The second-order valence-corrected chi connectivity index (χ2v) is 8.16. The standard InChI is InChI=1S/C25H32O3/c1-19(2)12-6-4-5-11-17-28-24(26)25(18-27-3)22-15-9-7-13-20(22)21-14-8-10-16-23(21)25/h7-10,13-16,19H,4-6,11-12,17-18H2,1-3H3. The highest BCUT2D eigenvalue weighted by Gasteiger charge is 2.50. The predicted octanol–water partition coefficient (Wildman–Crippen LogP) is 5.75. The van der Waals surface area contributed by atoms with Gasteiger partial charge in [0.15, 0.2) is 0 Å². The summed E-state index contributed by atoms with van der Waals surface area (Å²) in [5.41, 5.74) is 3.29. The second-order valence-electron chi connectivity index (χ2n) is 8.16. The highest BCUT2D eigenvalue weighted by Crippen LogP contribution is 2.49. The molecule has 0 radical (unpaired) electrons. The Bertz CT molecular complexity index is 748. The van der Waals surface area contributed by atoms with E-state index >= 15 is 0 Å². The summed E-state index contributed by atoms with van der Waals surface area (Å²) in [5.74, 6) is 0.558. The van der Waals surface area contributed by atoms with Gasteiger partial charge in [0.25, 0.3) is 0 Å². The van der Waals surface area contributed by atoms with E-state index < -0.39 is 5.41 Å². The van der Waals surface area contributed by atoms with E-state index in [2.05, 4.69) is 26.0 Å². The molecule has 2 aromatic carbocycles. The van der Waals surface area contributed by atoms with Gasteiger partial charge in [-0.05, 0) is 34.6 Å². The number of benzene rings is 2. The molecule has 150 valence electrons. The summed E-state index contributed by atoms with van der Waals surface area (Å²) in [6.45, 7) is 5.27. The number of fused-ring (bicyclic) bond motifs is 3. The summed E-state index contributed by atoms with van der Waals surface area (Å²) in [5, 5.41) is 0. The van der Waals surface area contributed by atoms with Crippen LogP contribution in [0.4, 0.5) is 0 Å². The minimum Gasteiger partial charge on any atom is -0.465 e. The van der Waals surface area contributed by atoms with Crippen molar-refractivity contribution < 1.29 is 14.3 Å². The van der Waals surface area contributed by atoms with Crippen LogP contribution in [0, 0.1) is 5.92 Å². The van der Waals surface area contributed by atoms with Gasteiger partial charge < -0.3 is 9.47 Å². The lowest BCUT2D eigenvalue weighted by Gasteiger charge is -2.29. The molecule has 3 heteroatoms. The Kier molecular flexibility index (Phi) is 6.90. The Morgan fingerprint density at radius 2 is 1.46 bits per heavy atom. The van der Waals surface area contributed by atoms with Crippen molar-refractivity contribution in [3.05, 3.63) is 59.7 Å². The normalized spacial score (nSPS) is 14.0. The van der Waals surface area contributed by atoms with Crippen LogP contribution < -0.4 is 0 Å². The van der Waals surface area contributed by atoms with E-state index in [1.54, 1.807) is 7.11 Å². The van der Waals surface area contributed by atoms with Crippen molar-refractivity contribution in [1.82, 2.24) is 0 Å². The molecule has 0 saturated heterocycles. The van der Waals surface area contributed by atoms with Crippen molar-refractivity contribution in [3.63, 3.8) is 0 Å². The zero-order chi connectivity index (χ0) is 20.0. The van der Waals surface area contributed by atoms with Gasteiger partial charge in [-0.25, -0.2) is 0 Å². The highest BCUT2D eigenvalue weighted by molar-refractivity contribution is 5.98. The molecular formula is C25H32O3. The minimum absolute atomic E-state index is 0.200. The van der Waals surface area contributed by atoms with Crippen molar-refractivity contribution in [2.45, 2.75) is 51.4 Å². The molecule has 0 unspecified atom stereocenters. The molecule has 1 aliphatic carbocycles. The number of ether oxygens (including phenoxy) is 2. The molecule has 3 nitrogen and oxygen atoms in total. The van der Waals surface area contributed by atoms with Crippen LogP contribution in [0.1, 0.15) is 57.1 Å². The Labute approximate surface area is 169 Å². The van der Waals surface area contributed by atoms with Gasteiger partial charge in [0.1, 0.15) is 5.41 Å². The monoisotopic (exact) mass is 380 g/mol. The number of hydrogen-bond acceptors (Lipinski definition) is 3. The quantitative estimate of drug-likeness (QED) is 0.389. The molecule has 1 aliphatic rings. The number of carbonyl (C=O) groups is 1. The zero-order valence-electron chi connectivity index (χ0n) is 17.4. The Balaban J connectivity index is 1.73. The third kappa shape index (κ3) is 4.00. The molecule has 3 rings (SSSR count). The molecule has 0 N–H and O–H groups in total. The molecule has 0 amide bonds. The lowest BCUT2D eigenvalue weighted by atomic mass is 9.79. The van der Waals surface area contributed by atoms with Crippen LogP contribution in [-0.4, -0.2) is 26.3 Å². The summed E-state index contributed by atoms with van der Waals surface area (Å²) in [6, 6.07) is 16.2. The van der Waals surface area contributed by atoms with Crippen LogP contribution in [0.5, 0.6) is 0 Å². The zero-order valence-corrected chi connectivity index (χ0v) is 17.4. The van der Waals surface area contributed by atoms with Gasteiger partial charge in [0.2, 0.25) is 0 Å². The maximum absolute atomic E-state index is 13.4. The number of methoxy groups -OCH3 is 1.